The predicted octanol–water partition coefficient (Wildman–Crippen LogP) is 2.37. The van der Waals surface area contributed by atoms with Gasteiger partial charge in [0.1, 0.15) is 0 Å². The van der Waals surface area contributed by atoms with E-state index in [2.05, 4.69) is 10.0 Å². The van der Waals surface area contributed by atoms with Crippen LogP contribution < -0.4 is 0 Å². The Hall–Kier alpha value is -2.33. The number of amides is 2. The van der Waals surface area contributed by atoms with Gasteiger partial charge in [-0.25, -0.2) is 0 Å². The van der Waals surface area contributed by atoms with Crippen molar-refractivity contribution in [2.24, 2.45) is 5.11 Å². The number of benzene rings is 1. The third-order valence-electron chi connectivity index (χ3n) is 2.74. The molecule has 0 unspecified atom stereocenters. The zero-order valence-corrected chi connectivity index (χ0v) is 10.1. The van der Waals surface area contributed by atoms with Crippen LogP contribution in [-0.4, -0.2) is 28.8 Å². The molecule has 0 saturated carbocycles. The second-order valence-corrected chi connectivity index (χ2v) is 4.74. The summed E-state index contributed by atoms with van der Waals surface area (Å²) < 4.78 is 0. The maximum absolute atomic E-state index is 12.1. The average molecular weight is 244 g/mol. The van der Waals surface area contributed by atoms with E-state index in [4.69, 9.17) is 5.53 Å². The quantitative estimate of drug-likeness (QED) is 0.353. The molecule has 2 rings (SSSR count). The largest absolute Gasteiger partial charge is 0.274 e. The first-order valence-electron chi connectivity index (χ1n) is 5.48. The topological polar surface area (TPSA) is 86.1 Å². The van der Waals surface area contributed by atoms with Crippen LogP contribution >= 0.6 is 0 Å². The van der Waals surface area contributed by atoms with Crippen molar-refractivity contribution in [3.63, 3.8) is 0 Å². The Bertz CT molecular complexity index is 538. The first kappa shape index (κ1) is 12.1. The fraction of sp³-hybridized carbons (Fsp3) is 0.333. The molecule has 1 aromatic carbocycles. The molecule has 0 spiro atoms. The van der Waals surface area contributed by atoms with Crippen LogP contribution in [0.5, 0.6) is 0 Å². The minimum atomic E-state index is -0.817. The number of hydrogen-bond acceptors (Lipinski definition) is 3. The molecule has 0 N–H and O–H groups in total. The number of fused-ring (bicyclic) bond motifs is 1. The third kappa shape index (κ3) is 1.94. The Balaban J connectivity index is 2.32. The monoisotopic (exact) mass is 244 g/mol. The highest BCUT2D eigenvalue weighted by atomic mass is 16.2. The number of carbonyl (C=O) groups excluding carboxylic acids is 2. The summed E-state index contributed by atoms with van der Waals surface area (Å²) in [7, 11) is 0. The minimum Gasteiger partial charge on any atom is -0.274 e. The summed E-state index contributed by atoms with van der Waals surface area (Å²) in [6, 6.07) is 6.67. The predicted molar refractivity (Wildman–Crippen MR) is 65.0 cm³/mol. The van der Waals surface area contributed by atoms with Gasteiger partial charge in [-0.2, -0.15) is 0 Å². The normalized spacial score (nSPS) is 14.4. The summed E-state index contributed by atoms with van der Waals surface area (Å²) in [4.78, 5) is 28.0. The van der Waals surface area contributed by atoms with Gasteiger partial charge in [0.25, 0.3) is 11.8 Å². The van der Waals surface area contributed by atoms with Crippen LogP contribution in [-0.2, 0) is 0 Å². The van der Waals surface area contributed by atoms with Gasteiger partial charge in [-0.05, 0) is 17.7 Å². The third-order valence-corrected chi connectivity index (χ3v) is 2.74. The smallest absolute Gasteiger partial charge is 0.261 e. The zero-order valence-electron chi connectivity index (χ0n) is 10.1. The first-order valence-corrected chi connectivity index (χ1v) is 5.48. The van der Waals surface area contributed by atoms with E-state index in [9.17, 15) is 9.59 Å². The van der Waals surface area contributed by atoms with E-state index in [1.54, 1.807) is 38.1 Å². The molecule has 2 amide bonds. The maximum atomic E-state index is 12.1. The number of imide groups is 1. The molecule has 0 radical (unpaired) electrons. The van der Waals surface area contributed by atoms with E-state index in [0.29, 0.717) is 11.1 Å². The molecule has 0 fully saturated rings. The van der Waals surface area contributed by atoms with Gasteiger partial charge in [-0.3, -0.25) is 14.5 Å². The SMILES string of the molecule is CC(C)(CN1C(=O)c2ccccc2C1=O)N=[N+]=[N-]. The second-order valence-electron chi connectivity index (χ2n) is 4.74. The molecule has 0 aromatic heterocycles. The Morgan fingerprint density at radius 2 is 1.72 bits per heavy atom. The van der Waals surface area contributed by atoms with Crippen LogP contribution in [0.1, 0.15) is 34.6 Å². The van der Waals surface area contributed by atoms with Crippen molar-refractivity contribution in [1.82, 2.24) is 4.90 Å². The van der Waals surface area contributed by atoms with E-state index < -0.39 is 5.54 Å². The van der Waals surface area contributed by atoms with Crippen molar-refractivity contribution in [2.45, 2.75) is 19.4 Å². The Labute approximate surface area is 104 Å². The molecule has 0 atom stereocenters. The molecule has 1 aromatic rings. The van der Waals surface area contributed by atoms with Gasteiger partial charge in [-0.15, -0.1) is 0 Å². The van der Waals surface area contributed by atoms with Crippen molar-refractivity contribution in [3.8, 4) is 0 Å². The molecule has 6 heteroatoms. The Kier molecular flexibility index (Phi) is 2.80. The van der Waals surface area contributed by atoms with E-state index in [-0.39, 0.29) is 18.4 Å². The standard InChI is InChI=1S/C12H12N4O2/c1-12(2,14-15-13)7-16-10(17)8-5-3-4-6-9(8)11(16)18/h3-6H,7H2,1-2H3. The highest BCUT2D eigenvalue weighted by Crippen LogP contribution is 2.25. The van der Waals surface area contributed by atoms with Gasteiger partial charge in [0.05, 0.1) is 16.7 Å². The average Bonchev–Trinajstić information content (AvgIpc) is 2.55. The van der Waals surface area contributed by atoms with Crippen LogP contribution in [0.2, 0.25) is 0 Å². The molecule has 0 bridgehead atoms. The molecular weight excluding hydrogens is 232 g/mol. The molecule has 6 nitrogen and oxygen atoms in total. The summed E-state index contributed by atoms with van der Waals surface area (Å²) in [5.41, 5.74) is 8.44. The molecule has 0 aliphatic carbocycles. The molecule has 92 valence electrons. The van der Waals surface area contributed by atoms with E-state index in [1.807, 2.05) is 0 Å². The van der Waals surface area contributed by atoms with Crippen molar-refractivity contribution >= 4 is 11.8 Å². The van der Waals surface area contributed by atoms with Crippen molar-refractivity contribution in [1.29, 1.82) is 0 Å². The van der Waals surface area contributed by atoms with Crippen LogP contribution in [0.15, 0.2) is 29.4 Å². The fourth-order valence-electron chi connectivity index (χ4n) is 1.92. The van der Waals surface area contributed by atoms with Crippen molar-refractivity contribution in [2.75, 3.05) is 6.54 Å². The van der Waals surface area contributed by atoms with Crippen LogP contribution in [0.4, 0.5) is 0 Å². The highest BCUT2D eigenvalue weighted by Gasteiger charge is 2.37. The van der Waals surface area contributed by atoms with E-state index in [0.717, 1.165) is 4.90 Å². The summed E-state index contributed by atoms with van der Waals surface area (Å²) in [5, 5.41) is 3.59. The van der Waals surface area contributed by atoms with Gasteiger partial charge in [0.15, 0.2) is 0 Å². The lowest BCUT2D eigenvalue weighted by Crippen LogP contribution is -2.40. The van der Waals surface area contributed by atoms with Crippen LogP contribution in [0.3, 0.4) is 0 Å². The van der Waals surface area contributed by atoms with Crippen LogP contribution in [0, 0.1) is 0 Å². The summed E-state index contributed by atoms with van der Waals surface area (Å²) >= 11 is 0. The Morgan fingerprint density at radius 3 is 2.17 bits per heavy atom. The maximum Gasteiger partial charge on any atom is 0.261 e. The molecule has 18 heavy (non-hydrogen) atoms. The first-order chi connectivity index (χ1) is 8.46. The van der Waals surface area contributed by atoms with Crippen molar-refractivity contribution < 1.29 is 9.59 Å². The number of azide groups is 1. The zero-order chi connectivity index (χ0) is 13.3. The lowest BCUT2D eigenvalue weighted by atomic mass is 10.1. The fourth-order valence-corrected chi connectivity index (χ4v) is 1.92. The van der Waals surface area contributed by atoms with Crippen LogP contribution in [0.25, 0.3) is 10.4 Å². The molecule has 1 aliphatic rings. The van der Waals surface area contributed by atoms with E-state index >= 15 is 0 Å². The molecule has 1 aliphatic heterocycles. The summed E-state index contributed by atoms with van der Waals surface area (Å²) in [5.74, 6) is -0.673. The Morgan fingerprint density at radius 1 is 1.22 bits per heavy atom. The molecule has 0 saturated heterocycles. The number of nitrogens with zero attached hydrogens (tertiary/aromatic N) is 4. The van der Waals surface area contributed by atoms with Gasteiger partial charge >= 0.3 is 0 Å². The number of rotatable bonds is 3. The molecular formula is C12H12N4O2. The van der Waals surface area contributed by atoms with Crippen molar-refractivity contribution in [3.05, 3.63) is 45.8 Å². The lowest BCUT2D eigenvalue weighted by molar-refractivity contribution is 0.0626. The number of carbonyl (C=O) groups is 2. The van der Waals surface area contributed by atoms with Gasteiger partial charge in [0.2, 0.25) is 0 Å². The van der Waals surface area contributed by atoms with Gasteiger partial charge in [-0.1, -0.05) is 31.1 Å². The van der Waals surface area contributed by atoms with Gasteiger partial charge < -0.3 is 0 Å². The summed E-state index contributed by atoms with van der Waals surface area (Å²) in [6.07, 6.45) is 0. The van der Waals surface area contributed by atoms with E-state index in [1.165, 1.54) is 0 Å². The highest BCUT2D eigenvalue weighted by molar-refractivity contribution is 6.21. The second kappa shape index (κ2) is 4.16. The minimum absolute atomic E-state index is 0.0728. The lowest BCUT2D eigenvalue weighted by Gasteiger charge is -2.24. The summed E-state index contributed by atoms with van der Waals surface area (Å²) in [6.45, 7) is 3.43. The van der Waals surface area contributed by atoms with Gasteiger partial charge in [0, 0.05) is 11.5 Å². The molecule has 1 heterocycles. The number of hydrogen-bond donors (Lipinski definition) is 0.